The Morgan fingerprint density at radius 1 is 1.26 bits per heavy atom. The maximum Gasteiger partial charge on any atom is 0.417 e. The summed E-state index contributed by atoms with van der Waals surface area (Å²) in [5, 5.41) is 23.9. The number of ether oxygens (including phenoxy) is 1. The third kappa shape index (κ3) is 4.86. The first-order valence-electron chi connectivity index (χ1n) is 10.5. The fourth-order valence-corrected chi connectivity index (χ4v) is 3.72. The number of nitrogens with one attached hydrogen (secondary N) is 1. The second-order valence-corrected chi connectivity index (χ2v) is 8.24. The Morgan fingerprint density at radius 2 is 2.06 bits per heavy atom. The minimum atomic E-state index is -4.75. The van der Waals surface area contributed by atoms with Crippen LogP contribution in [0.3, 0.4) is 0 Å². The highest BCUT2D eigenvalue weighted by Crippen LogP contribution is 2.42. The van der Waals surface area contributed by atoms with Crippen molar-refractivity contribution in [2.24, 2.45) is 0 Å². The molecule has 3 heterocycles. The third-order valence-electron chi connectivity index (χ3n) is 5.76. The van der Waals surface area contributed by atoms with Crippen LogP contribution in [0.25, 0.3) is 11.3 Å². The number of rotatable bonds is 6. The third-order valence-corrected chi connectivity index (χ3v) is 5.76. The number of alkyl halides is 3. The Balaban J connectivity index is 1.37. The van der Waals surface area contributed by atoms with Crippen LogP contribution in [0.1, 0.15) is 46.8 Å². The molecule has 0 bridgehead atoms. The monoisotopic (exact) mass is 477 g/mol. The van der Waals surface area contributed by atoms with Crippen LogP contribution in [0.15, 0.2) is 35.0 Å². The van der Waals surface area contributed by atoms with E-state index in [1.807, 2.05) is 19.1 Å². The largest absolute Gasteiger partial charge is 0.472 e. The summed E-state index contributed by atoms with van der Waals surface area (Å²) in [6.07, 6.45) is -4.13. The van der Waals surface area contributed by atoms with Crippen molar-refractivity contribution in [3.05, 3.63) is 53.2 Å². The van der Waals surface area contributed by atoms with Crippen LogP contribution in [0.5, 0.6) is 5.88 Å². The summed E-state index contributed by atoms with van der Waals surface area (Å²) in [7, 11) is 0. The Labute approximate surface area is 192 Å². The molecule has 3 aromatic heterocycles. The van der Waals surface area contributed by atoms with E-state index in [-0.39, 0.29) is 24.6 Å². The van der Waals surface area contributed by atoms with Crippen molar-refractivity contribution in [1.82, 2.24) is 25.7 Å². The van der Waals surface area contributed by atoms with Crippen molar-refractivity contribution >= 4 is 5.91 Å². The highest BCUT2D eigenvalue weighted by atomic mass is 19.4. The number of aliphatic hydroxyl groups is 1. The summed E-state index contributed by atoms with van der Waals surface area (Å²) >= 11 is 0. The molecule has 3 aromatic rings. The van der Waals surface area contributed by atoms with Crippen molar-refractivity contribution < 1.29 is 32.3 Å². The SMILES string of the molecule is Cc1ccc(-c2noc(C)c2COc2ccc(C(=O)N[C@@H]3CC[C@@](O)(C(F)(F)F)C3)nn2)cn1. The molecule has 0 aliphatic heterocycles. The summed E-state index contributed by atoms with van der Waals surface area (Å²) in [6, 6.07) is 5.69. The normalized spacial score (nSPS) is 20.4. The van der Waals surface area contributed by atoms with Crippen molar-refractivity contribution in [3.63, 3.8) is 0 Å². The summed E-state index contributed by atoms with van der Waals surface area (Å²) in [5.41, 5.74) is 0.0509. The second-order valence-electron chi connectivity index (χ2n) is 8.24. The van der Waals surface area contributed by atoms with E-state index in [9.17, 15) is 23.1 Å². The number of hydrogen-bond donors (Lipinski definition) is 2. The van der Waals surface area contributed by atoms with Gasteiger partial charge < -0.3 is 19.7 Å². The highest BCUT2D eigenvalue weighted by molar-refractivity contribution is 5.92. The zero-order valence-electron chi connectivity index (χ0n) is 18.4. The van der Waals surface area contributed by atoms with Crippen LogP contribution in [-0.4, -0.2) is 49.2 Å². The molecule has 180 valence electrons. The molecule has 0 aromatic carbocycles. The number of carbonyl (C=O) groups is 1. The first-order chi connectivity index (χ1) is 16.1. The molecule has 0 radical (unpaired) electrons. The fourth-order valence-electron chi connectivity index (χ4n) is 3.72. The van der Waals surface area contributed by atoms with Crippen LogP contribution < -0.4 is 10.1 Å². The summed E-state index contributed by atoms with van der Waals surface area (Å²) < 4.78 is 49.8. The molecule has 2 N–H and O–H groups in total. The Morgan fingerprint density at radius 3 is 2.68 bits per heavy atom. The zero-order chi connectivity index (χ0) is 24.5. The van der Waals surface area contributed by atoms with Gasteiger partial charge in [0, 0.05) is 36.0 Å². The molecule has 9 nitrogen and oxygen atoms in total. The lowest BCUT2D eigenvalue weighted by molar-refractivity contribution is -0.257. The van der Waals surface area contributed by atoms with Crippen LogP contribution in [0.2, 0.25) is 0 Å². The van der Waals surface area contributed by atoms with E-state index in [4.69, 9.17) is 9.26 Å². The molecule has 0 spiro atoms. The lowest BCUT2D eigenvalue weighted by Crippen LogP contribution is -2.44. The molecular formula is C22H22F3N5O4. The lowest BCUT2D eigenvalue weighted by atomic mass is 10.0. The van der Waals surface area contributed by atoms with Crippen LogP contribution in [0, 0.1) is 13.8 Å². The van der Waals surface area contributed by atoms with Crippen molar-refractivity contribution in [3.8, 4) is 17.1 Å². The smallest absolute Gasteiger partial charge is 0.417 e. The fraction of sp³-hybridized carbons (Fsp3) is 0.409. The maximum atomic E-state index is 12.9. The van der Waals surface area contributed by atoms with Gasteiger partial charge in [0.05, 0.1) is 5.56 Å². The van der Waals surface area contributed by atoms with Gasteiger partial charge in [0.1, 0.15) is 18.1 Å². The molecule has 1 aliphatic rings. The van der Waals surface area contributed by atoms with Crippen molar-refractivity contribution in [2.75, 3.05) is 0 Å². The minimum Gasteiger partial charge on any atom is -0.472 e. The molecule has 34 heavy (non-hydrogen) atoms. The van der Waals surface area contributed by atoms with Gasteiger partial charge in [0.2, 0.25) is 5.88 Å². The summed E-state index contributed by atoms with van der Waals surface area (Å²) in [4.78, 5) is 16.6. The number of amides is 1. The number of aromatic nitrogens is 4. The van der Waals surface area contributed by atoms with Crippen LogP contribution in [-0.2, 0) is 6.61 Å². The number of carbonyl (C=O) groups excluding carboxylic acids is 1. The summed E-state index contributed by atoms with van der Waals surface area (Å²) in [5.74, 6) is 0.0202. The molecule has 1 fully saturated rings. The highest BCUT2D eigenvalue weighted by Gasteiger charge is 2.57. The van der Waals surface area contributed by atoms with Gasteiger partial charge in [-0.25, -0.2) is 0 Å². The van der Waals surface area contributed by atoms with Gasteiger partial charge in [-0.3, -0.25) is 9.78 Å². The lowest BCUT2D eigenvalue weighted by Gasteiger charge is -2.25. The minimum absolute atomic E-state index is 0.00724. The first kappa shape index (κ1) is 23.6. The van der Waals surface area contributed by atoms with Gasteiger partial charge in [-0.15, -0.1) is 10.2 Å². The van der Waals surface area contributed by atoms with Gasteiger partial charge >= 0.3 is 6.18 Å². The predicted octanol–water partition coefficient (Wildman–Crippen LogP) is 3.30. The number of pyridine rings is 1. The van der Waals surface area contributed by atoms with E-state index in [1.54, 1.807) is 13.1 Å². The standard InChI is InChI=1S/C22H22F3N5O4/c1-12-3-4-14(10-26-12)19-16(13(2)34-30-19)11-33-18-6-5-17(28-29-18)20(31)27-15-7-8-21(32,9-15)22(23,24)25/h3-6,10,15,32H,7-9,11H2,1-2H3,(H,27,31)/t15-,21+/m1/s1. The molecule has 4 rings (SSSR count). The molecule has 12 heteroatoms. The average molecular weight is 477 g/mol. The van der Waals surface area contributed by atoms with Gasteiger partial charge in [-0.05, 0) is 44.9 Å². The van der Waals surface area contributed by atoms with Gasteiger partial charge in [0.15, 0.2) is 11.3 Å². The molecule has 0 saturated heterocycles. The first-order valence-corrected chi connectivity index (χ1v) is 10.5. The van der Waals surface area contributed by atoms with Crippen LogP contribution in [0.4, 0.5) is 13.2 Å². The number of aryl methyl sites for hydroxylation is 2. The Bertz CT molecular complexity index is 1160. The van der Waals surface area contributed by atoms with E-state index >= 15 is 0 Å². The second kappa shape index (κ2) is 9.01. The van der Waals surface area contributed by atoms with E-state index in [1.165, 1.54) is 12.1 Å². The van der Waals surface area contributed by atoms with Crippen molar-refractivity contribution in [2.45, 2.75) is 57.5 Å². The summed E-state index contributed by atoms with van der Waals surface area (Å²) in [6.45, 7) is 3.70. The molecule has 1 saturated carbocycles. The van der Waals surface area contributed by atoms with Crippen molar-refractivity contribution in [1.29, 1.82) is 0 Å². The van der Waals surface area contributed by atoms with E-state index < -0.39 is 36.6 Å². The number of nitrogens with zero attached hydrogens (tertiary/aromatic N) is 4. The zero-order valence-corrected chi connectivity index (χ0v) is 18.4. The average Bonchev–Trinajstić information content (AvgIpc) is 3.36. The van der Waals surface area contributed by atoms with Gasteiger partial charge in [0.25, 0.3) is 5.91 Å². The Kier molecular flexibility index (Phi) is 6.26. The molecular weight excluding hydrogens is 455 g/mol. The quantitative estimate of drug-likeness (QED) is 0.554. The van der Waals surface area contributed by atoms with Gasteiger partial charge in [-0.1, -0.05) is 5.16 Å². The maximum absolute atomic E-state index is 12.9. The number of halogens is 3. The molecule has 1 aliphatic carbocycles. The van der Waals surface area contributed by atoms with E-state index in [0.717, 1.165) is 11.3 Å². The molecule has 1 amide bonds. The van der Waals surface area contributed by atoms with E-state index in [0.29, 0.717) is 17.0 Å². The topological polar surface area (TPSA) is 123 Å². The van der Waals surface area contributed by atoms with Gasteiger partial charge in [-0.2, -0.15) is 13.2 Å². The Hall–Kier alpha value is -3.54. The van der Waals surface area contributed by atoms with Crippen LogP contribution >= 0.6 is 0 Å². The van der Waals surface area contributed by atoms with E-state index in [2.05, 4.69) is 25.7 Å². The number of hydrogen-bond acceptors (Lipinski definition) is 8. The predicted molar refractivity (Wildman–Crippen MR) is 112 cm³/mol. The molecule has 0 unspecified atom stereocenters. The molecule has 2 atom stereocenters.